The van der Waals surface area contributed by atoms with E-state index in [1.807, 2.05) is 0 Å². The van der Waals surface area contributed by atoms with Gasteiger partial charge in [-0.15, -0.1) is 0 Å². The summed E-state index contributed by atoms with van der Waals surface area (Å²) in [6.45, 7) is 1.32. The molecule has 1 amide bonds. The van der Waals surface area contributed by atoms with Crippen LogP contribution in [-0.2, 0) is 27.7 Å². The number of carbonyl (C=O) groups excluding carboxylic acids is 2. The van der Waals surface area contributed by atoms with Gasteiger partial charge < -0.3 is 15.2 Å². The molecule has 164 valence electrons. The van der Waals surface area contributed by atoms with E-state index < -0.39 is 40.4 Å². The van der Waals surface area contributed by atoms with Gasteiger partial charge in [-0.25, -0.2) is 9.18 Å². The summed E-state index contributed by atoms with van der Waals surface area (Å²) >= 11 is 0. The molecule has 31 heavy (non-hydrogen) atoms. The van der Waals surface area contributed by atoms with Gasteiger partial charge in [-0.05, 0) is 68.1 Å². The third-order valence-corrected chi connectivity index (χ3v) is 5.83. The van der Waals surface area contributed by atoms with Crippen molar-refractivity contribution in [3.05, 3.63) is 64.5 Å². The third-order valence-electron chi connectivity index (χ3n) is 5.83. The van der Waals surface area contributed by atoms with Gasteiger partial charge in [0.1, 0.15) is 18.0 Å². The van der Waals surface area contributed by atoms with Crippen LogP contribution >= 0.6 is 0 Å². The Balaban J connectivity index is 1.53. The summed E-state index contributed by atoms with van der Waals surface area (Å²) in [5.41, 5.74) is -2.84. The molecule has 1 heterocycles. The van der Waals surface area contributed by atoms with Crippen molar-refractivity contribution in [2.24, 2.45) is 0 Å². The number of nitrogens with one attached hydrogen (secondary N) is 1. The first-order valence-corrected chi connectivity index (χ1v) is 9.62. The number of hydrogen-bond donors (Lipinski definition) is 2. The molecule has 1 aliphatic heterocycles. The molecule has 2 aliphatic rings. The number of halogens is 4. The zero-order valence-corrected chi connectivity index (χ0v) is 16.5. The minimum Gasteiger partial charge on any atom is -0.457 e. The van der Waals surface area contributed by atoms with Crippen LogP contribution in [0.4, 0.5) is 23.2 Å². The van der Waals surface area contributed by atoms with Gasteiger partial charge in [0.15, 0.2) is 0 Å². The molecule has 1 fully saturated rings. The van der Waals surface area contributed by atoms with E-state index in [0.29, 0.717) is 35.7 Å². The van der Waals surface area contributed by atoms with Crippen LogP contribution in [0.5, 0.6) is 0 Å². The summed E-state index contributed by atoms with van der Waals surface area (Å²) < 4.78 is 58.5. The van der Waals surface area contributed by atoms with Gasteiger partial charge in [0.2, 0.25) is 0 Å². The van der Waals surface area contributed by atoms with Crippen LogP contribution < -0.4 is 5.32 Å². The van der Waals surface area contributed by atoms with Gasteiger partial charge in [-0.1, -0.05) is 0 Å². The molecular weight excluding hydrogens is 418 g/mol. The van der Waals surface area contributed by atoms with E-state index in [9.17, 15) is 32.3 Å². The summed E-state index contributed by atoms with van der Waals surface area (Å²) in [5, 5.41) is 13.4. The fourth-order valence-corrected chi connectivity index (χ4v) is 4.02. The molecule has 2 aromatic carbocycles. The minimum atomic E-state index is -4.63. The Morgan fingerprint density at radius 3 is 2.55 bits per heavy atom. The number of anilines is 1. The van der Waals surface area contributed by atoms with Crippen molar-refractivity contribution in [3.63, 3.8) is 0 Å². The summed E-state index contributed by atoms with van der Waals surface area (Å²) in [6.07, 6.45) is -4.16. The third kappa shape index (κ3) is 4.01. The first-order valence-electron chi connectivity index (χ1n) is 9.62. The first kappa shape index (κ1) is 21.3. The summed E-state index contributed by atoms with van der Waals surface area (Å²) in [6, 6.07) is 6.72. The zero-order valence-electron chi connectivity index (χ0n) is 16.5. The van der Waals surface area contributed by atoms with Crippen LogP contribution in [0.3, 0.4) is 0 Å². The van der Waals surface area contributed by atoms with E-state index in [1.165, 1.54) is 19.1 Å². The predicted octanol–water partition coefficient (Wildman–Crippen LogP) is 4.33. The number of fused-ring (bicyclic) bond motifs is 1. The van der Waals surface area contributed by atoms with Gasteiger partial charge in [0.25, 0.3) is 5.91 Å². The molecule has 1 saturated carbocycles. The van der Waals surface area contributed by atoms with E-state index in [2.05, 4.69) is 5.32 Å². The topological polar surface area (TPSA) is 75.6 Å². The second-order valence-corrected chi connectivity index (χ2v) is 8.33. The Morgan fingerprint density at radius 1 is 1.19 bits per heavy atom. The Hall–Kier alpha value is -2.94. The number of rotatable bonds is 5. The molecule has 0 bridgehead atoms. The van der Waals surface area contributed by atoms with Gasteiger partial charge in [0.05, 0.1) is 11.1 Å². The van der Waals surface area contributed by atoms with Crippen LogP contribution in [0.1, 0.15) is 53.2 Å². The van der Waals surface area contributed by atoms with E-state index in [4.69, 9.17) is 4.74 Å². The molecule has 0 saturated heterocycles. The number of carbonyl (C=O) groups is 2. The van der Waals surface area contributed by atoms with Crippen molar-refractivity contribution >= 4 is 17.6 Å². The standard InChI is InChI=1S/C22H19F4NO4/c1-20(30,19(29)27-14-3-4-15-12(8-14)10-31-18(15)28)11-21(6-7-21)16-9-13(22(24,25)26)2-5-17(16)23/h2-5,8-9,30H,6-7,10-11H2,1H3,(H,27,29). The number of hydrogen-bond acceptors (Lipinski definition) is 4. The van der Waals surface area contributed by atoms with Crippen LogP contribution in [0, 0.1) is 5.82 Å². The summed E-state index contributed by atoms with van der Waals surface area (Å²) in [7, 11) is 0. The second kappa shape index (κ2) is 7.05. The number of aliphatic hydroxyl groups is 1. The van der Waals surface area contributed by atoms with Crippen molar-refractivity contribution < 1.29 is 37.0 Å². The highest BCUT2D eigenvalue weighted by molar-refractivity contribution is 5.98. The van der Waals surface area contributed by atoms with Crippen molar-refractivity contribution in [3.8, 4) is 0 Å². The molecule has 1 atom stereocenters. The van der Waals surface area contributed by atoms with Crippen LogP contribution in [0.25, 0.3) is 0 Å². The molecule has 9 heteroatoms. The Morgan fingerprint density at radius 2 is 1.90 bits per heavy atom. The molecular formula is C22H19F4NO4. The maximum Gasteiger partial charge on any atom is 0.416 e. The highest BCUT2D eigenvalue weighted by Crippen LogP contribution is 2.54. The zero-order chi connectivity index (χ0) is 22.6. The van der Waals surface area contributed by atoms with E-state index >= 15 is 0 Å². The number of amides is 1. The fraction of sp³-hybridized carbons (Fsp3) is 0.364. The summed E-state index contributed by atoms with van der Waals surface area (Å²) in [4.78, 5) is 24.2. The SMILES string of the molecule is CC(O)(CC1(c2cc(C(F)(F)F)ccc2F)CC1)C(=O)Nc1ccc2c(c1)COC2=O. The highest BCUT2D eigenvalue weighted by atomic mass is 19.4. The van der Waals surface area contributed by atoms with Crippen molar-refractivity contribution in [1.29, 1.82) is 0 Å². The second-order valence-electron chi connectivity index (χ2n) is 8.33. The normalized spacial score (nSPS) is 18.7. The molecule has 0 radical (unpaired) electrons. The van der Waals surface area contributed by atoms with Crippen molar-refractivity contribution in [1.82, 2.24) is 0 Å². The molecule has 5 nitrogen and oxygen atoms in total. The lowest BCUT2D eigenvalue weighted by Crippen LogP contribution is -2.43. The maximum absolute atomic E-state index is 14.4. The van der Waals surface area contributed by atoms with Crippen LogP contribution in [-0.4, -0.2) is 22.6 Å². The molecule has 0 aromatic heterocycles. The van der Waals surface area contributed by atoms with Gasteiger partial charge in [-0.3, -0.25) is 4.79 Å². The first-order chi connectivity index (χ1) is 14.4. The summed E-state index contributed by atoms with van der Waals surface area (Å²) in [5.74, 6) is -2.04. The smallest absolute Gasteiger partial charge is 0.416 e. The molecule has 2 aromatic rings. The number of benzene rings is 2. The van der Waals surface area contributed by atoms with Crippen molar-refractivity contribution in [2.45, 2.75) is 50.0 Å². The number of esters is 1. The Kier molecular flexibility index (Phi) is 4.84. The van der Waals surface area contributed by atoms with Crippen LogP contribution in [0.2, 0.25) is 0 Å². The Bertz CT molecular complexity index is 1070. The molecule has 1 unspecified atom stereocenters. The van der Waals surface area contributed by atoms with E-state index in [1.54, 1.807) is 6.07 Å². The monoisotopic (exact) mass is 437 g/mol. The molecule has 2 N–H and O–H groups in total. The number of ether oxygens (including phenoxy) is 1. The maximum atomic E-state index is 14.4. The highest BCUT2D eigenvalue weighted by Gasteiger charge is 2.52. The lowest BCUT2D eigenvalue weighted by Gasteiger charge is -2.28. The van der Waals surface area contributed by atoms with E-state index in [-0.39, 0.29) is 18.6 Å². The average molecular weight is 437 g/mol. The predicted molar refractivity (Wildman–Crippen MR) is 102 cm³/mol. The number of alkyl halides is 3. The molecule has 4 rings (SSSR count). The largest absolute Gasteiger partial charge is 0.457 e. The van der Waals surface area contributed by atoms with Crippen LogP contribution in [0.15, 0.2) is 36.4 Å². The van der Waals surface area contributed by atoms with Gasteiger partial charge in [0, 0.05) is 16.7 Å². The number of cyclic esters (lactones) is 1. The van der Waals surface area contributed by atoms with E-state index in [0.717, 1.165) is 12.1 Å². The molecule has 0 spiro atoms. The van der Waals surface area contributed by atoms with Gasteiger partial charge >= 0.3 is 12.1 Å². The Labute approximate surface area is 175 Å². The fourth-order valence-electron chi connectivity index (χ4n) is 4.02. The quantitative estimate of drug-likeness (QED) is 0.540. The lowest BCUT2D eigenvalue weighted by atomic mass is 9.82. The molecule has 1 aliphatic carbocycles. The minimum absolute atomic E-state index is 0.0756. The lowest BCUT2D eigenvalue weighted by molar-refractivity contribution is -0.138. The van der Waals surface area contributed by atoms with Gasteiger partial charge in [-0.2, -0.15) is 13.2 Å². The average Bonchev–Trinajstić information content (AvgIpc) is 3.35. The van der Waals surface area contributed by atoms with Crippen molar-refractivity contribution in [2.75, 3.05) is 5.32 Å².